The number of halogens is 2. The lowest BCUT2D eigenvalue weighted by Crippen LogP contribution is -2.60. The monoisotopic (exact) mass is 909 g/mol. The van der Waals surface area contributed by atoms with Crippen molar-refractivity contribution >= 4 is 57.9 Å². The Morgan fingerprint density at radius 1 is 0.954 bits per heavy atom. The number of fused-ring (bicyclic) bond motifs is 4. The van der Waals surface area contributed by atoms with Gasteiger partial charge in [0.15, 0.2) is 0 Å². The second kappa shape index (κ2) is 17.4. The van der Waals surface area contributed by atoms with Crippen molar-refractivity contribution in [3.8, 4) is 0 Å². The third-order valence-electron chi connectivity index (χ3n) is 15.6. The summed E-state index contributed by atoms with van der Waals surface area (Å²) >= 11 is 6.43. The molecule has 2 aliphatic carbocycles. The molecule has 344 valence electrons. The largest absolute Gasteiger partial charge is 0.481 e. The highest BCUT2D eigenvalue weighted by molar-refractivity contribution is 6.30. The molecule has 3 aromatic carbocycles. The third kappa shape index (κ3) is 7.52. The topological polar surface area (TPSA) is 198 Å². The number of benzene rings is 3. The molecular formula is C49H57ClFN7O7. The van der Waals surface area contributed by atoms with Crippen molar-refractivity contribution in [2.75, 3.05) is 18.4 Å². The molecule has 2 saturated carbocycles. The number of primary amides is 1. The molecule has 65 heavy (non-hydrogen) atoms. The standard InChI is InChI=1S/C49H57ClFN7O7/c1-27-9-15-33-35(25-27)54-46(64)49(33)40(32-7-6-8-34(50)41(32)51)42(55-48(49)21-4-3-5-22-48)44(62)53-31-13-10-29(11-14-31)45(63)57-23-19-28(20-24-57)30-12-16-36-38(26-30)56(2)47(65)58(36)37(43(52)61)17-18-39(59)60/h6-9,12,15-16,25-26,28-29,31,37,40,42,55H,3-5,10-11,13-14,17-24H2,1-2H3,(H2,52,61)(H,53,62)(H,54,64)(H,59,60)/t29?,31?,37?,40-,42+,49+/m0/s1. The first-order valence-corrected chi connectivity index (χ1v) is 23.5. The average Bonchev–Trinajstić information content (AvgIpc) is 3.84. The zero-order chi connectivity index (χ0) is 45.9. The molecule has 6 N–H and O–H groups in total. The van der Waals surface area contributed by atoms with E-state index in [9.17, 15) is 33.9 Å². The summed E-state index contributed by atoms with van der Waals surface area (Å²) in [6.45, 7) is 3.11. The molecule has 4 fully saturated rings. The number of nitrogens with one attached hydrogen (secondary N) is 3. The van der Waals surface area contributed by atoms with Crippen LogP contribution in [0.5, 0.6) is 0 Å². The first kappa shape index (κ1) is 44.7. The van der Waals surface area contributed by atoms with Gasteiger partial charge in [-0.25, -0.2) is 9.18 Å². The molecule has 2 spiro atoms. The normalized spacial score (nSPS) is 25.7. The molecule has 0 radical (unpaired) electrons. The van der Waals surface area contributed by atoms with E-state index in [0.29, 0.717) is 68.3 Å². The molecule has 4 heterocycles. The zero-order valence-electron chi connectivity index (χ0n) is 36.8. The summed E-state index contributed by atoms with van der Waals surface area (Å²) in [5, 5.41) is 19.3. The number of piperidine rings is 1. The van der Waals surface area contributed by atoms with Crippen molar-refractivity contribution in [1.29, 1.82) is 0 Å². The van der Waals surface area contributed by atoms with Crippen LogP contribution in [-0.4, -0.2) is 79.5 Å². The second-order valence-electron chi connectivity index (χ2n) is 19.2. The van der Waals surface area contributed by atoms with E-state index in [4.69, 9.17) is 17.3 Å². The number of carboxylic acids is 1. The highest BCUT2D eigenvalue weighted by Gasteiger charge is 2.72. The van der Waals surface area contributed by atoms with Crippen LogP contribution in [0.15, 0.2) is 59.4 Å². The van der Waals surface area contributed by atoms with Crippen LogP contribution in [0.1, 0.15) is 124 Å². The predicted molar refractivity (Wildman–Crippen MR) is 243 cm³/mol. The lowest BCUT2D eigenvalue weighted by molar-refractivity contribution is -0.138. The SMILES string of the molecule is Cc1ccc2c(c1)NC(=O)[C@]21[C@@H](c2cccc(Cl)c2F)[C@H](C(=O)NC2CCC(C(=O)N3CCC(c4ccc5c(c4)n(C)c(=O)n5C(CCC(=O)O)C(N)=O)CC3)CC2)NC12CCCCC2. The van der Waals surface area contributed by atoms with Crippen LogP contribution in [0.2, 0.25) is 5.02 Å². The van der Waals surface area contributed by atoms with E-state index in [1.165, 1.54) is 15.2 Å². The molecule has 1 unspecified atom stereocenters. The molecule has 4 amide bonds. The summed E-state index contributed by atoms with van der Waals surface area (Å²) < 4.78 is 19.1. The smallest absolute Gasteiger partial charge is 0.329 e. The van der Waals surface area contributed by atoms with Crippen molar-refractivity contribution in [1.82, 2.24) is 24.7 Å². The van der Waals surface area contributed by atoms with Crippen LogP contribution < -0.4 is 27.4 Å². The molecule has 1 aromatic heterocycles. The van der Waals surface area contributed by atoms with Gasteiger partial charge in [0.1, 0.15) is 17.3 Å². The van der Waals surface area contributed by atoms with E-state index in [2.05, 4.69) is 16.0 Å². The van der Waals surface area contributed by atoms with Crippen molar-refractivity contribution in [3.05, 3.63) is 98.2 Å². The van der Waals surface area contributed by atoms with Gasteiger partial charge in [0.05, 0.1) is 22.1 Å². The Bertz CT molecular complexity index is 2640. The summed E-state index contributed by atoms with van der Waals surface area (Å²) in [5.74, 6) is -3.83. The lowest BCUT2D eigenvalue weighted by Gasteiger charge is -2.47. The van der Waals surface area contributed by atoms with Crippen LogP contribution >= 0.6 is 11.6 Å². The lowest BCUT2D eigenvalue weighted by atomic mass is 9.55. The quantitative estimate of drug-likeness (QED) is 0.127. The number of carboxylic acid groups (broad SMARTS) is 1. The van der Waals surface area contributed by atoms with E-state index in [1.807, 2.05) is 42.2 Å². The summed E-state index contributed by atoms with van der Waals surface area (Å²) in [6.07, 6.45) is 7.52. The number of aryl methyl sites for hydroxylation is 2. The number of carbonyl (C=O) groups is 5. The van der Waals surface area contributed by atoms with E-state index in [-0.39, 0.29) is 59.0 Å². The number of anilines is 1. The fourth-order valence-corrected chi connectivity index (χ4v) is 12.6. The van der Waals surface area contributed by atoms with Gasteiger partial charge in [0.2, 0.25) is 23.6 Å². The Morgan fingerprint density at radius 3 is 2.37 bits per heavy atom. The number of amides is 4. The van der Waals surface area contributed by atoms with Gasteiger partial charge in [-0.15, -0.1) is 0 Å². The predicted octanol–water partition coefficient (Wildman–Crippen LogP) is 6.06. The average molecular weight is 910 g/mol. The maximum Gasteiger partial charge on any atom is 0.329 e. The molecule has 9 rings (SSSR count). The number of rotatable bonds is 10. The number of hydrogen-bond donors (Lipinski definition) is 5. The fourth-order valence-electron chi connectivity index (χ4n) is 12.4. The molecule has 2 saturated heterocycles. The van der Waals surface area contributed by atoms with E-state index >= 15 is 4.39 Å². The first-order valence-electron chi connectivity index (χ1n) is 23.1. The molecule has 14 nitrogen and oxygen atoms in total. The van der Waals surface area contributed by atoms with Gasteiger partial charge in [-0.05, 0) is 117 Å². The Kier molecular flexibility index (Phi) is 11.9. The van der Waals surface area contributed by atoms with Crippen LogP contribution in [0.25, 0.3) is 11.0 Å². The molecule has 4 aromatic rings. The van der Waals surface area contributed by atoms with Gasteiger partial charge in [0, 0.05) is 55.7 Å². The summed E-state index contributed by atoms with van der Waals surface area (Å²) in [5.41, 5.74) is 7.93. The first-order chi connectivity index (χ1) is 31.1. The number of nitrogens with two attached hydrogens (primary N) is 1. The molecule has 16 heteroatoms. The van der Waals surface area contributed by atoms with Crippen LogP contribution in [0, 0.1) is 18.7 Å². The summed E-state index contributed by atoms with van der Waals surface area (Å²) in [4.78, 5) is 82.3. The van der Waals surface area contributed by atoms with Crippen molar-refractivity contribution in [2.24, 2.45) is 18.7 Å². The Balaban J connectivity index is 0.871. The number of imidazole rings is 1. The van der Waals surface area contributed by atoms with Gasteiger partial charge in [0.25, 0.3) is 0 Å². The number of aliphatic carboxylic acids is 1. The zero-order valence-corrected chi connectivity index (χ0v) is 37.6. The van der Waals surface area contributed by atoms with Gasteiger partial charge < -0.3 is 26.4 Å². The minimum absolute atomic E-state index is 0.0646. The molecule has 4 atom stereocenters. The van der Waals surface area contributed by atoms with Crippen molar-refractivity contribution in [2.45, 2.75) is 131 Å². The van der Waals surface area contributed by atoms with E-state index < -0.39 is 52.3 Å². The highest BCUT2D eigenvalue weighted by Crippen LogP contribution is 2.62. The van der Waals surface area contributed by atoms with Gasteiger partial charge >= 0.3 is 11.7 Å². The van der Waals surface area contributed by atoms with Crippen molar-refractivity contribution < 1.29 is 33.5 Å². The van der Waals surface area contributed by atoms with Gasteiger partial charge in [-0.3, -0.25) is 38.4 Å². The summed E-state index contributed by atoms with van der Waals surface area (Å²) in [7, 11) is 1.62. The Hall–Kier alpha value is -5.54. The number of likely N-dealkylation sites (tertiary alicyclic amines) is 1. The third-order valence-corrected chi connectivity index (χ3v) is 15.9. The highest BCUT2D eigenvalue weighted by atomic mass is 35.5. The van der Waals surface area contributed by atoms with Crippen LogP contribution in [0.4, 0.5) is 10.1 Å². The number of nitrogens with zero attached hydrogens (tertiary/aromatic N) is 3. The molecule has 0 bridgehead atoms. The minimum atomic E-state index is -1.26. The van der Waals surface area contributed by atoms with Gasteiger partial charge in [-0.2, -0.15) is 0 Å². The van der Waals surface area contributed by atoms with E-state index in [1.54, 1.807) is 25.2 Å². The molecule has 5 aliphatic rings. The van der Waals surface area contributed by atoms with Crippen LogP contribution in [-0.2, 0) is 36.4 Å². The number of aromatic nitrogens is 2. The van der Waals surface area contributed by atoms with Crippen LogP contribution in [0.3, 0.4) is 0 Å². The Labute approximate surface area is 381 Å². The second-order valence-corrected chi connectivity index (χ2v) is 19.6. The Morgan fingerprint density at radius 2 is 1.68 bits per heavy atom. The minimum Gasteiger partial charge on any atom is -0.481 e. The molecular weight excluding hydrogens is 853 g/mol. The maximum absolute atomic E-state index is 16.4. The maximum atomic E-state index is 16.4. The van der Waals surface area contributed by atoms with Gasteiger partial charge in [-0.1, -0.05) is 61.2 Å². The fraction of sp³-hybridized carbons (Fsp3) is 0.510. The molecule has 3 aliphatic heterocycles. The van der Waals surface area contributed by atoms with E-state index in [0.717, 1.165) is 48.8 Å². The summed E-state index contributed by atoms with van der Waals surface area (Å²) in [6, 6.07) is 14.1. The number of carbonyl (C=O) groups excluding carboxylic acids is 4. The number of hydrogen-bond acceptors (Lipinski definition) is 7. The van der Waals surface area contributed by atoms with Crippen molar-refractivity contribution in [3.63, 3.8) is 0 Å².